The van der Waals surface area contributed by atoms with Gasteiger partial charge in [-0.3, -0.25) is 25.0 Å². The van der Waals surface area contributed by atoms with Gasteiger partial charge in [0.05, 0.1) is 0 Å². The van der Waals surface area contributed by atoms with Crippen molar-refractivity contribution in [3.8, 4) is 0 Å². The molecule has 3 rings (SSSR count). The van der Waals surface area contributed by atoms with Crippen LogP contribution in [-0.2, 0) is 52.7 Å². The second kappa shape index (κ2) is 45.0. The fourth-order valence-corrected chi connectivity index (χ4v) is 2.33. The third kappa shape index (κ3) is 36.0. The van der Waals surface area contributed by atoms with E-state index in [-0.39, 0.29) is 34.1 Å². The molecule has 0 heterocycles. The molecule has 28 heavy (non-hydrogen) atoms. The van der Waals surface area contributed by atoms with Gasteiger partial charge >= 0.3 is 45.2 Å². The van der Waals surface area contributed by atoms with Crippen molar-refractivity contribution >= 4 is 0 Å². The molecule has 2 aliphatic rings. The van der Waals surface area contributed by atoms with E-state index in [1.807, 2.05) is 24.3 Å². The summed E-state index contributed by atoms with van der Waals surface area (Å²) in [6.07, 6.45) is 15.0. The van der Waals surface area contributed by atoms with Crippen molar-refractivity contribution in [2.45, 2.75) is 64.2 Å². The molecule has 2 saturated carbocycles. The van der Waals surface area contributed by atoms with Gasteiger partial charge in [-0.2, -0.15) is 0 Å². The average molecular weight is 468 g/mol. The molecule has 2 aliphatic carbocycles. The van der Waals surface area contributed by atoms with Crippen molar-refractivity contribution in [1.29, 1.82) is 0 Å². The Hall–Kier alpha value is -1.04. The van der Waals surface area contributed by atoms with Crippen molar-refractivity contribution in [2.75, 3.05) is 0 Å². The molecule has 6 heteroatoms. The zero-order valence-electron chi connectivity index (χ0n) is 16.1. The molecule has 0 atom stereocenters. The summed E-state index contributed by atoms with van der Waals surface area (Å²) in [5.74, 6) is 0. The summed E-state index contributed by atoms with van der Waals surface area (Å²) in [7, 11) is 0. The van der Waals surface area contributed by atoms with E-state index >= 15 is 0 Å². The minimum atomic E-state index is 0. The summed E-state index contributed by atoms with van der Waals surface area (Å²) in [5.41, 5.74) is 2.01. The maximum absolute atomic E-state index is 7.50. The Kier molecular flexibility index (Phi) is 66.4. The van der Waals surface area contributed by atoms with Crippen LogP contribution in [0.3, 0.4) is 0 Å². The number of rotatable bonds is 0. The fraction of sp³-hybridized carbons (Fsp3) is 0.455. The van der Waals surface area contributed by atoms with Crippen LogP contribution >= 0.6 is 0 Å². The number of hydrogen-bond acceptors (Lipinski definition) is 0. The summed E-state index contributed by atoms with van der Waals surface area (Å²) >= 11 is 0. The molecule has 0 saturated heterocycles. The van der Waals surface area contributed by atoms with E-state index in [0.717, 1.165) is 11.1 Å². The molecule has 2 fully saturated rings. The minimum absolute atomic E-state index is 0. The van der Waals surface area contributed by atoms with Crippen LogP contribution in [0.25, 0.3) is 0 Å². The van der Waals surface area contributed by atoms with Crippen LogP contribution in [0.5, 0.6) is 0 Å². The first kappa shape index (κ1) is 41.4. The van der Waals surface area contributed by atoms with E-state index in [2.05, 4.69) is 40.4 Å². The Bertz CT molecular complexity index is 390. The summed E-state index contributed by atoms with van der Waals surface area (Å²) in [4.78, 5) is 0. The maximum atomic E-state index is 7.50. The Labute approximate surface area is 192 Å². The quantitative estimate of drug-likeness (QED) is 0.262. The molecule has 0 amide bonds. The first-order valence-corrected chi connectivity index (χ1v) is 8.35. The van der Waals surface area contributed by atoms with Gasteiger partial charge in [-0.05, 0) is 0 Å². The Morgan fingerprint density at radius 1 is 0.464 bits per heavy atom. The second-order valence-electron chi connectivity index (χ2n) is 5.30. The molecular formula is C22H28Fe2O4-2. The molecule has 0 spiro atoms. The fourth-order valence-electron chi connectivity index (χ4n) is 2.33. The van der Waals surface area contributed by atoms with Gasteiger partial charge in [0.1, 0.15) is 0 Å². The molecule has 0 radical (unpaired) electrons. The first-order chi connectivity index (χ1) is 12.8. The minimum Gasteiger partial charge on any atom is -0.299 e. The van der Waals surface area contributed by atoms with E-state index in [4.69, 9.17) is 18.6 Å². The largest absolute Gasteiger partial charge is 0.299 e. The molecule has 4 nitrogen and oxygen atoms in total. The number of hydrogen-bond donors (Lipinski definition) is 0. The molecule has 0 unspecified atom stereocenters. The smallest absolute Gasteiger partial charge is 0 e. The van der Waals surface area contributed by atoms with Crippen LogP contribution in [0.4, 0.5) is 0 Å². The molecule has 1 aromatic rings. The summed E-state index contributed by atoms with van der Waals surface area (Å²) in [6, 6.07) is 7.80. The predicted octanol–water partition coefficient (Wildman–Crippen LogP) is 5.80. The summed E-state index contributed by atoms with van der Waals surface area (Å²) < 4.78 is 30.0. The zero-order chi connectivity index (χ0) is 21.1. The third-order valence-corrected chi connectivity index (χ3v) is 3.62. The van der Waals surface area contributed by atoms with Crippen LogP contribution < -0.4 is 0 Å². The van der Waals surface area contributed by atoms with E-state index in [1.165, 1.54) is 64.2 Å². The number of benzene rings is 1. The van der Waals surface area contributed by atoms with Crippen LogP contribution in [-0.4, -0.2) is 0 Å². The Morgan fingerprint density at radius 3 is 0.714 bits per heavy atom. The van der Waals surface area contributed by atoms with Crippen LogP contribution in [0.1, 0.15) is 75.3 Å². The van der Waals surface area contributed by atoms with Crippen LogP contribution in [0.15, 0.2) is 24.3 Å². The van der Waals surface area contributed by atoms with Gasteiger partial charge < -0.3 is 0 Å². The van der Waals surface area contributed by atoms with Gasteiger partial charge in [-0.25, -0.2) is 12.1 Å². The zero-order valence-corrected chi connectivity index (χ0v) is 18.3. The van der Waals surface area contributed by atoms with Crippen LogP contribution in [0.2, 0.25) is 0 Å². The van der Waals surface area contributed by atoms with Gasteiger partial charge in [-0.15, -0.1) is 12.1 Å². The summed E-state index contributed by atoms with van der Waals surface area (Å²) in [5, 5.41) is 0. The SMILES string of the molecule is C1CCCC1.C1CCCC1.[C-]#[O+].[C-]#[O+].[C-]#[O+].[C-]#[O+].[CH2-]c1ccccc1[CH2-].[Fe].[Fe]. The van der Waals surface area contributed by atoms with E-state index in [1.54, 1.807) is 0 Å². The standard InChI is InChI=1S/C8H8.2C5H10.4CO.2Fe/c1-7-5-3-4-6-8(7)2;2*1-2-4-5-3-1;4*1-2;;/h3-6H,1-2H2;2*1-5H2;;;;;;/q-2;;;;;;;;. The van der Waals surface area contributed by atoms with Gasteiger partial charge in [0, 0.05) is 34.1 Å². The second-order valence-corrected chi connectivity index (χ2v) is 5.30. The van der Waals surface area contributed by atoms with Gasteiger partial charge in [0.2, 0.25) is 0 Å². The van der Waals surface area contributed by atoms with Gasteiger partial charge in [0.25, 0.3) is 0 Å². The molecule has 0 aromatic heterocycles. The topological polar surface area (TPSA) is 79.6 Å². The van der Waals surface area contributed by atoms with Gasteiger partial charge in [-0.1, -0.05) is 64.2 Å². The predicted molar refractivity (Wildman–Crippen MR) is 97.2 cm³/mol. The van der Waals surface area contributed by atoms with Gasteiger partial charge in [0.15, 0.2) is 0 Å². The van der Waals surface area contributed by atoms with Crippen molar-refractivity contribution in [1.82, 2.24) is 0 Å². The maximum Gasteiger partial charge on any atom is 0 e. The molecular weight excluding hydrogens is 440 g/mol. The van der Waals surface area contributed by atoms with E-state index in [0.29, 0.717) is 0 Å². The van der Waals surface area contributed by atoms with Crippen molar-refractivity contribution in [3.05, 3.63) is 75.8 Å². The molecule has 0 N–H and O–H groups in total. The average Bonchev–Trinajstić information content (AvgIpc) is 3.49. The van der Waals surface area contributed by atoms with Crippen LogP contribution in [0, 0.1) is 40.4 Å². The molecule has 0 aliphatic heterocycles. The Morgan fingerprint density at radius 2 is 0.607 bits per heavy atom. The third-order valence-electron chi connectivity index (χ3n) is 3.62. The molecule has 0 bridgehead atoms. The van der Waals surface area contributed by atoms with Crippen molar-refractivity contribution < 1.29 is 52.7 Å². The van der Waals surface area contributed by atoms with Crippen molar-refractivity contribution in [3.63, 3.8) is 0 Å². The Balaban J connectivity index is -0.0000000544. The molecule has 158 valence electrons. The molecule has 1 aromatic carbocycles. The van der Waals surface area contributed by atoms with Crippen molar-refractivity contribution in [2.24, 2.45) is 0 Å². The first-order valence-electron chi connectivity index (χ1n) is 8.35. The van der Waals surface area contributed by atoms with E-state index in [9.17, 15) is 0 Å². The van der Waals surface area contributed by atoms with E-state index < -0.39 is 0 Å². The monoisotopic (exact) mass is 468 g/mol. The normalized spacial score (nSPS) is 11.4. The summed E-state index contributed by atoms with van der Waals surface area (Å²) in [6.45, 7) is 25.5.